The number of nitrogens with two attached hydrogens (primary N) is 1. The monoisotopic (exact) mass is 245 g/mol. The number of Topliss-reactive ketones (excluding diaryl/α,β-unsaturated/α-hetero) is 1. The molecule has 1 atom stereocenters. The molecule has 2 nitrogen and oxygen atoms in total. The highest BCUT2D eigenvalue weighted by atomic mass is 16.1. The molecule has 1 aromatic carbocycles. The van der Waals surface area contributed by atoms with Crippen LogP contribution in [-0.4, -0.2) is 11.8 Å². The van der Waals surface area contributed by atoms with Crippen LogP contribution >= 0.6 is 0 Å². The third kappa shape index (κ3) is 3.67. The third-order valence-electron chi connectivity index (χ3n) is 3.54. The molecule has 0 spiro atoms. The SMILES string of the molecule is CC(C)Cc1cccc(C(=O)CC(N)C2CC2)c1. The fourth-order valence-electron chi connectivity index (χ4n) is 2.37. The van der Waals surface area contributed by atoms with Crippen LogP contribution in [0.2, 0.25) is 0 Å². The molecule has 1 aliphatic rings. The standard InChI is InChI=1S/C16H23NO/c1-11(2)8-12-4-3-5-14(9-12)16(18)10-15(17)13-6-7-13/h3-5,9,11,13,15H,6-8,10,17H2,1-2H3. The molecular weight excluding hydrogens is 222 g/mol. The van der Waals surface area contributed by atoms with Gasteiger partial charge in [-0.2, -0.15) is 0 Å². The summed E-state index contributed by atoms with van der Waals surface area (Å²) in [5.41, 5.74) is 8.08. The maximum absolute atomic E-state index is 12.1. The second-order valence-corrected chi connectivity index (χ2v) is 5.93. The number of hydrogen-bond acceptors (Lipinski definition) is 2. The van der Waals surface area contributed by atoms with Crippen molar-refractivity contribution in [2.45, 2.75) is 45.6 Å². The predicted molar refractivity (Wildman–Crippen MR) is 74.6 cm³/mol. The molecule has 1 fully saturated rings. The predicted octanol–water partition coefficient (Wildman–Crippen LogP) is 3.20. The maximum Gasteiger partial charge on any atom is 0.164 e. The van der Waals surface area contributed by atoms with Gasteiger partial charge in [-0.25, -0.2) is 0 Å². The summed E-state index contributed by atoms with van der Waals surface area (Å²) in [5, 5.41) is 0. The summed E-state index contributed by atoms with van der Waals surface area (Å²) in [5.74, 6) is 1.40. The molecule has 98 valence electrons. The summed E-state index contributed by atoms with van der Waals surface area (Å²) in [6, 6.07) is 8.07. The summed E-state index contributed by atoms with van der Waals surface area (Å²) in [7, 11) is 0. The molecule has 0 heterocycles. The molecule has 0 aromatic heterocycles. The van der Waals surface area contributed by atoms with Crippen LogP contribution in [0.5, 0.6) is 0 Å². The van der Waals surface area contributed by atoms with E-state index in [9.17, 15) is 4.79 Å². The minimum Gasteiger partial charge on any atom is -0.327 e. The van der Waals surface area contributed by atoms with Crippen LogP contribution in [0, 0.1) is 11.8 Å². The van der Waals surface area contributed by atoms with Crippen LogP contribution < -0.4 is 5.73 Å². The van der Waals surface area contributed by atoms with Gasteiger partial charge >= 0.3 is 0 Å². The van der Waals surface area contributed by atoms with E-state index in [1.807, 2.05) is 18.2 Å². The van der Waals surface area contributed by atoms with Gasteiger partial charge in [-0.3, -0.25) is 4.79 Å². The highest BCUT2D eigenvalue weighted by Crippen LogP contribution is 2.33. The molecule has 1 saturated carbocycles. The van der Waals surface area contributed by atoms with Gasteiger partial charge in [-0.05, 0) is 42.7 Å². The second-order valence-electron chi connectivity index (χ2n) is 5.93. The molecular formula is C16H23NO. The van der Waals surface area contributed by atoms with Crippen LogP contribution in [0.25, 0.3) is 0 Å². The van der Waals surface area contributed by atoms with Crippen molar-refractivity contribution in [2.75, 3.05) is 0 Å². The average Bonchev–Trinajstić information content (AvgIpc) is 3.12. The molecule has 0 radical (unpaired) electrons. The first kappa shape index (κ1) is 13.3. The second kappa shape index (κ2) is 5.66. The molecule has 0 aliphatic heterocycles. The van der Waals surface area contributed by atoms with Crippen LogP contribution in [0.1, 0.15) is 49.0 Å². The lowest BCUT2D eigenvalue weighted by Gasteiger charge is -2.10. The lowest BCUT2D eigenvalue weighted by atomic mass is 9.97. The molecule has 0 bridgehead atoms. The van der Waals surface area contributed by atoms with E-state index in [-0.39, 0.29) is 11.8 Å². The molecule has 0 amide bonds. The molecule has 1 aromatic rings. The quantitative estimate of drug-likeness (QED) is 0.782. The van der Waals surface area contributed by atoms with Crippen molar-refractivity contribution < 1.29 is 4.79 Å². The highest BCUT2D eigenvalue weighted by Gasteiger charge is 2.29. The summed E-state index contributed by atoms with van der Waals surface area (Å²) in [4.78, 5) is 12.1. The molecule has 2 heteroatoms. The average molecular weight is 245 g/mol. The van der Waals surface area contributed by atoms with E-state index in [0.717, 1.165) is 12.0 Å². The molecule has 2 rings (SSSR count). The Kier molecular flexibility index (Phi) is 4.18. The Hall–Kier alpha value is -1.15. The van der Waals surface area contributed by atoms with Gasteiger partial charge in [-0.1, -0.05) is 32.0 Å². The fourth-order valence-corrected chi connectivity index (χ4v) is 2.37. The maximum atomic E-state index is 12.1. The first-order chi connectivity index (χ1) is 8.56. The van der Waals surface area contributed by atoms with Crippen molar-refractivity contribution in [1.29, 1.82) is 0 Å². The molecule has 1 unspecified atom stereocenters. The van der Waals surface area contributed by atoms with Gasteiger partial charge in [0.05, 0.1) is 0 Å². The van der Waals surface area contributed by atoms with Crippen LogP contribution in [0.4, 0.5) is 0 Å². The number of benzene rings is 1. The minimum absolute atomic E-state index is 0.0613. The number of carbonyl (C=O) groups excluding carboxylic acids is 1. The lowest BCUT2D eigenvalue weighted by molar-refractivity contribution is 0.0971. The van der Waals surface area contributed by atoms with Crippen molar-refractivity contribution in [1.82, 2.24) is 0 Å². The van der Waals surface area contributed by atoms with Crippen molar-refractivity contribution in [2.24, 2.45) is 17.6 Å². The largest absolute Gasteiger partial charge is 0.327 e. The Morgan fingerprint density at radius 2 is 2.11 bits per heavy atom. The van der Waals surface area contributed by atoms with Gasteiger partial charge in [0.1, 0.15) is 0 Å². The zero-order valence-corrected chi connectivity index (χ0v) is 11.4. The van der Waals surface area contributed by atoms with E-state index < -0.39 is 0 Å². The van der Waals surface area contributed by atoms with Gasteiger partial charge in [-0.15, -0.1) is 0 Å². The summed E-state index contributed by atoms with van der Waals surface area (Å²) in [6.07, 6.45) is 3.91. The van der Waals surface area contributed by atoms with E-state index in [1.54, 1.807) is 0 Å². The van der Waals surface area contributed by atoms with Crippen molar-refractivity contribution in [3.8, 4) is 0 Å². The molecule has 18 heavy (non-hydrogen) atoms. The van der Waals surface area contributed by atoms with E-state index in [0.29, 0.717) is 18.3 Å². The Balaban J connectivity index is 2.00. The molecule has 2 N–H and O–H groups in total. The van der Waals surface area contributed by atoms with Gasteiger partial charge in [0.2, 0.25) is 0 Å². The van der Waals surface area contributed by atoms with E-state index in [2.05, 4.69) is 19.9 Å². The Morgan fingerprint density at radius 1 is 1.39 bits per heavy atom. The summed E-state index contributed by atoms with van der Waals surface area (Å²) >= 11 is 0. The first-order valence-electron chi connectivity index (χ1n) is 6.94. The Labute approximate surface area is 110 Å². The Bertz CT molecular complexity index is 421. The first-order valence-corrected chi connectivity index (χ1v) is 6.94. The normalized spacial score (nSPS) is 16.9. The van der Waals surface area contributed by atoms with Gasteiger partial charge in [0.25, 0.3) is 0 Å². The van der Waals surface area contributed by atoms with Crippen molar-refractivity contribution in [3.63, 3.8) is 0 Å². The van der Waals surface area contributed by atoms with E-state index >= 15 is 0 Å². The fraction of sp³-hybridized carbons (Fsp3) is 0.562. The number of ketones is 1. The van der Waals surface area contributed by atoms with Crippen molar-refractivity contribution >= 4 is 5.78 Å². The third-order valence-corrected chi connectivity index (χ3v) is 3.54. The molecule has 0 saturated heterocycles. The summed E-state index contributed by atoms with van der Waals surface area (Å²) in [6.45, 7) is 4.38. The highest BCUT2D eigenvalue weighted by molar-refractivity contribution is 5.96. The summed E-state index contributed by atoms with van der Waals surface area (Å²) < 4.78 is 0. The van der Waals surface area contributed by atoms with Crippen molar-refractivity contribution in [3.05, 3.63) is 35.4 Å². The van der Waals surface area contributed by atoms with E-state index in [1.165, 1.54) is 18.4 Å². The Morgan fingerprint density at radius 3 is 2.72 bits per heavy atom. The lowest BCUT2D eigenvalue weighted by Crippen LogP contribution is -2.26. The van der Waals surface area contributed by atoms with Gasteiger partial charge in [0, 0.05) is 18.0 Å². The van der Waals surface area contributed by atoms with Crippen LogP contribution in [0.15, 0.2) is 24.3 Å². The minimum atomic E-state index is 0.0613. The van der Waals surface area contributed by atoms with E-state index in [4.69, 9.17) is 5.73 Å². The molecule has 1 aliphatic carbocycles. The van der Waals surface area contributed by atoms with Crippen LogP contribution in [-0.2, 0) is 6.42 Å². The number of carbonyl (C=O) groups is 1. The van der Waals surface area contributed by atoms with Gasteiger partial charge in [0.15, 0.2) is 5.78 Å². The number of rotatable bonds is 6. The zero-order valence-electron chi connectivity index (χ0n) is 11.4. The smallest absolute Gasteiger partial charge is 0.164 e. The van der Waals surface area contributed by atoms with Gasteiger partial charge < -0.3 is 5.73 Å². The topological polar surface area (TPSA) is 43.1 Å². The van der Waals surface area contributed by atoms with Crippen LogP contribution in [0.3, 0.4) is 0 Å². The zero-order chi connectivity index (χ0) is 13.1. The number of hydrogen-bond donors (Lipinski definition) is 1.